The molecule has 2 aromatic rings. The van der Waals surface area contributed by atoms with Gasteiger partial charge >= 0.3 is 5.97 Å². The lowest BCUT2D eigenvalue weighted by Crippen LogP contribution is -2.10. The number of nitrogens with zero attached hydrogens (tertiary/aromatic N) is 1. The van der Waals surface area contributed by atoms with Gasteiger partial charge in [-0.05, 0) is 6.42 Å². The second-order valence-corrected chi connectivity index (χ2v) is 7.28. The van der Waals surface area contributed by atoms with Crippen molar-refractivity contribution in [2.24, 2.45) is 5.92 Å². The van der Waals surface area contributed by atoms with Gasteiger partial charge in [0.15, 0.2) is 0 Å². The molecule has 0 radical (unpaired) electrons. The zero-order valence-electron chi connectivity index (χ0n) is 10.4. The van der Waals surface area contributed by atoms with Gasteiger partial charge in [0.1, 0.15) is 15.9 Å². The molecule has 1 aromatic heterocycles. The Morgan fingerprint density at radius 3 is 2.75 bits per heavy atom. The van der Waals surface area contributed by atoms with Gasteiger partial charge < -0.3 is 4.74 Å². The van der Waals surface area contributed by atoms with Gasteiger partial charge in [0.2, 0.25) is 0 Å². The summed E-state index contributed by atoms with van der Waals surface area (Å²) in [6, 6.07) is 9.87. The SMILES string of the molecule is O=C(OCc1cnc(-c2ccccc2)s1)C1CC1(Cl)Cl. The number of thiazole rings is 1. The molecule has 1 aliphatic carbocycles. The summed E-state index contributed by atoms with van der Waals surface area (Å²) >= 11 is 13.2. The van der Waals surface area contributed by atoms with Gasteiger partial charge in [0.05, 0.1) is 10.8 Å². The van der Waals surface area contributed by atoms with E-state index >= 15 is 0 Å². The molecule has 1 saturated carbocycles. The van der Waals surface area contributed by atoms with Crippen molar-refractivity contribution in [2.75, 3.05) is 0 Å². The van der Waals surface area contributed by atoms with Crippen molar-refractivity contribution in [3.63, 3.8) is 0 Å². The van der Waals surface area contributed by atoms with Gasteiger partial charge in [-0.15, -0.1) is 34.5 Å². The minimum Gasteiger partial charge on any atom is -0.460 e. The number of esters is 1. The van der Waals surface area contributed by atoms with E-state index in [0.717, 1.165) is 15.4 Å². The summed E-state index contributed by atoms with van der Waals surface area (Å²) in [7, 11) is 0. The predicted molar refractivity (Wildman–Crippen MR) is 79.9 cm³/mol. The van der Waals surface area contributed by atoms with Crippen molar-refractivity contribution in [1.82, 2.24) is 4.98 Å². The molecule has 1 aromatic carbocycles. The lowest BCUT2D eigenvalue weighted by atomic mass is 10.2. The zero-order chi connectivity index (χ0) is 14.2. The van der Waals surface area contributed by atoms with Crippen LogP contribution in [-0.4, -0.2) is 15.3 Å². The molecule has 0 bridgehead atoms. The molecule has 1 fully saturated rings. The van der Waals surface area contributed by atoms with Crippen molar-refractivity contribution < 1.29 is 9.53 Å². The fourth-order valence-corrected chi connectivity index (χ4v) is 3.12. The number of alkyl halides is 2. The Bertz CT molecular complexity index is 627. The lowest BCUT2D eigenvalue weighted by Gasteiger charge is -2.02. The largest absolute Gasteiger partial charge is 0.460 e. The number of carbonyl (C=O) groups excluding carboxylic acids is 1. The van der Waals surface area contributed by atoms with Crippen LogP contribution < -0.4 is 0 Å². The molecular weight excluding hydrogens is 317 g/mol. The topological polar surface area (TPSA) is 39.2 Å². The summed E-state index contributed by atoms with van der Waals surface area (Å²) in [6.07, 6.45) is 2.19. The van der Waals surface area contributed by atoms with Crippen molar-refractivity contribution >= 4 is 40.5 Å². The summed E-state index contributed by atoms with van der Waals surface area (Å²) in [4.78, 5) is 16.9. The first-order chi connectivity index (χ1) is 9.56. The highest BCUT2D eigenvalue weighted by molar-refractivity contribution is 7.15. The molecule has 20 heavy (non-hydrogen) atoms. The number of hydrogen-bond donors (Lipinski definition) is 0. The molecule has 104 valence electrons. The molecule has 0 aliphatic heterocycles. The monoisotopic (exact) mass is 327 g/mol. The molecule has 3 rings (SSSR count). The van der Waals surface area contributed by atoms with E-state index in [9.17, 15) is 4.79 Å². The van der Waals surface area contributed by atoms with Crippen molar-refractivity contribution in [1.29, 1.82) is 0 Å². The molecule has 1 unspecified atom stereocenters. The zero-order valence-corrected chi connectivity index (χ0v) is 12.7. The third-order valence-electron chi connectivity index (χ3n) is 3.04. The number of hydrogen-bond acceptors (Lipinski definition) is 4. The summed E-state index contributed by atoms with van der Waals surface area (Å²) in [5, 5.41) is 0.909. The van der Waals surface area contributed by atoms with E-state index in [1.54, 1.807) is 6.20 Å². The Balaban J connectivity index is 1.60. The second-order valence-electron chi connectivity index (χ2n) is 4.62. The van der Waals surface area contributed by atoms with E-state index in [-0.39, 0.29) is 12.6 Å². The Morgan fingerprint density at radius 1 is 1.40 bits per heavy atom. The van der Waals surface area contributed by atoms with Crippen LogP contribution in [0.4, 0.5) is 0 Å². The average Bonchev–Trinajstić information content (AvgIpc) is 2.89. The summed E-state index contributed by atoms with van der Waals surface area (Å²) < 4.78 is 4.27. The highest BCUT2D eigenvalue weighted by Crippen LogP contribution is 2.53. The van der Waals surface area contributed by atoms with Crippen LogP contribution in [0.25, 0.3) is 10.6 Å². The van der Waals surface area contributed by atoms with Gasteiger partial charge in [-0.2, -0.15) is 0 Å². The highest BCUT2D eigenvalue weighted by Gasteiger charge is 2.57. The molecule has 1 heterocycles. The number of carbonyl (C=O) groups is 1. The van der Waals surface area contributed by atoms with Gasteiger partial charge in [-0.25, -0.2) is 4.98 Å². The Morgan fingerprint density at radius 2 is 2.10 bits per heavy atom. The van der Waals surface area contributed by atoms with E-state index in [1.807, 2.05) is 30.3 Å². The molecule has 6 heteroatoms. The van der Waals surface area contributed by atoms with Crippen molar-refractivity contribution in [2.45, 2.75) is 17.4 Å². The maximum atomic E-state index is 11.7. The van der Waals surface area contributed by atoms with Gasteiger partial charge in [0, 0.05) is 11.8 Å². The van der Waals surface area contributed by atoms with Crippen LogP contribution in [0, 0.1) is 5.92 Å². The first-order valence-corrected chi connectivity index (χ1v) is 7.68. The number of benzene rings is 1. The summed E-state index contributed by atoms with van der Waals surface area (Å²) in [5.41, 5.74) is 1.05. The van der Waals surface area contributed by atoms with Crippen LogP contribution in [0.5, 0.6) is 0 Å². The first-order valence-electron chi connectivity index (χ1n) is 6.11. The minimum absolute atomic E-state index is 0.212. The van der Waals surface area contributed by atoms with Gasteiger partial charge in [0.25, 0.3) is 0 Å². The van der Waals surface area contributed by atoms with Crippen molar-refractivity contribution in [3.8, 4) is 10.6 Å². The Kier molecular flexibility index (Phi) is 3.71. The number of halogens is 2. The maximum absolute atomic E-state index is 11.7. The fourth-order valence-electron chi connectivity index (χ4n) is 1.80. The lowest BCUT2D eigenvalue weighted by molar-refractivity contribution is -0.146. The van der Waals surface area contributed by atoms with Crippen LogP contribution >= 0.6 is 34.5 Å². The summed E-state index contributed by atoms with van der Waals surface area (Å²) in [5.74, 6) is -0.739. The van der Waals surface area contributed by atoms with Crippen LogP contribution in [0.1, 0.15) is 11.3 Å². The third-order valence-corrected chi connectivity index (χ3v) is 4.90. The number of aromatic nitrogens is 1. The maximum Gasteiger partial charge on any atom is 0.312 e. The smallest absolute Gasteiger partial charge is 0.312 e. The quantitative estimate of drug-likeness (QED) is 0.628. The molecule has 1 atom stereocenters. The van der Waals surface area contributed by atoms with Crippen LogP contribution in [-0.2, 0) is 16.1 Å². The van der Waals surface area contributed by atoms with E-state index in [1.165, 1.54) is 11.3 Å². The number of rotatable bonds is 4. The third kappa shape index (κ3) is 2.97. The van der Waals surface area contributed by atoms with Crippen LogP contribution in [0.3, 0.4) is 0 Å². The van der Waals surface area contributed by atoms with E-state index in [2.05, 4.69) is 4.98 Å². The fraction of sp³-hybridized carbons (Fsp3) is 0.286. The molecule has 0 saturated heterocycles. The Hall–Kier alpha value is -1.10. The Labute approximate surface area is 130 Å². The first kappa shape index (κ1) is 13.9. The van der Waals surface area contributed by atoms with Crippen molar-refractivity contribution in [3.05, 3.63) is 41.4 Å². The molecule has 1 aliphatic rings. The molecule has 0 spiro atoms. The normalized spacial score (nSPS) is 19.6. The van der Waals surface area contributed by atoms with Gasteiger partial charge in [-0.3, -0.25) is 4.79 Å². The van der Waals surface area contributed by atoms with Gasteiger partial charge in [-0.1, -0.05) is 30.3 Å². The number of ether oxygens (including phenoxy) is 1. The van der Waals surface area contributed by atoms with Crippen LogP contribution in [0.2, 0.25) is 0 Å². The van der Waals surface area contributed by atoms with E-state index in [0.29, 0.717) is 6.42 Å². The van der Waals surface area contributed by atoms with E-state index < -0.39 is 10.3 Å². The molecule has 3 nitrogen and oxygen atoms in total. The average molecular weight is 328 g/mol. The predicted octanol–water partition coefficient (Wildman–Crippen LogP) is 4.05. The molecular formula is C14H11Cl2NO2S. The second kappa shape index (κ2) is 5.35. The molecule has 0 amide bonds. The molecule has 0 N–H and O–H groups in total. The van der Waals surface area contributed by atoms with E-state index in [4.69, 9.17) is 27.9 Å². The van der Waals surface area contributed by atoms with Crippen LogP contribution in [0.15, 0.2) is 36.5 Å². The summed E-state index contributed by atoms with van der Waals surface area (Å²) in [6.45, 7) is 0.212. The minimum atomic E-state index is -0.931. The highest BCUT2D eigenvalue weighted by atomic mass is 35.5. The standard InChI is InChI=1S/C14H11Cl2NO2S/c15-14(16)6-11(14)13(18)19-8-10-7-17-12(20-10)9-4-2-1-3-5-9/h1-5,7,11H,6,8H2.